The van der Waals surface area contributed by atoms with Crippen molar-refractivity contribution in [1.29, 1.82) is 0 Å². The number of hydrogen-bond donors (Lipinski definition) is 1. The molecule has 10 heteroatoms. The third-order valence-electron chi connectivity index (χ3n) is 4.20. The zero-order chi connectivity index (χ0) is 22.4. The molecule has 0 atom stereocenters. The Morgan fingerprint density at radius 3 is 2.32 bits per heavy atom. The zero-order valence-electron chi connectivity index (χ0n) is 17.4. The topological polar surface area (TPSA) is 121 Å². The van der Waals surface area contributed by atoms with E-state index in [-0.39, 0.29) is 16.8 Å². The lowest BCUT2D eigenvalue weighted by Gasteiger charge is -2.11. The van der Waals surface area contributed by atoms with Crippen LogP contribution in [-0.4, -0.2) is 44.0 Å². The Morgan fingerprint density at radius 1 is 1.00 bits per heavy atom. The number of rotatable bonds is 9. The number of carbonyl (C=O) groups excluding carboxylic acids is 1. The van der Waals surface area contributed by atoms with Crippen LogP contribution in [0, 0.1) is 0 Å². The van der Waals surface area contributed by atoms with Gasteiger partial charge in [0.15, 0.2) is 21.3 Å². The highest BCUT2D eigenvalue weighted by Gasteiger charge is 2.15. The van der Waals surface area contributed by atoms with Crippen LogP contribution in [-0.2, 0) is 16.3 Å². The third kappa shape index (κ3) is 5.82. The Labute approximate surface area is 180 Å². The van der Waals surface area contributed by atoms with E-state index < -0.39 is 15.7 Å². The standard InChI is InChI=1S/C21H23N3O6S/c1-4-28-17-11-8-15(13-18(17)29-5-2)20(25)22-21-24-23-19(30-21)12-14-6-9-16(10-7-14)31(3,26)27/h6-11,13H,4-5,12H2,1-3H3,(H,22,24,25). The first-order chi connectivity index (χ1) is 14.8. The molecule has 3 aromatic rings. The number of anilines is 1. The van der Waals surface area contributed by atoms with Gasteiger partial charge in [-0.25, -0.2) is 8.42 Å². The van der Waals surface area contributed by atoms with Gasteiger partial charge in [0.05, 0.1) is 24.5 Å². The number of amides is 1. The van der Waals surface area contributed by atoms with Gasteiger partial charge in [0.25, 0.3) is 5.91 Å². The fourth-order valence-corrected chi connectivity index (χ4v) is 3.40. The number of hydrogen-bond acceptors (Lipinski definition) is 8. The maximum absolute atomic E-state index is 12.5. The molecular weight excluding hydrogens is 422 g/mol. The van der Waals surface area contributed by atoms with Crippen molar-refractivity contribution >= 4 is 21.8 Å². The van der Waals surface area contributed by atoms with Crippen molar-refractivity contribution in [3.8, 4) is 11.5 Å². The van der Waals surface area contributed by atoms with Crippen LogP contribution in [0.3, 0.4) is 0 Å². The van der Waals surface area contributed by atoms with Crippen molar-refractivity contribution in [2.45, 2.75) is 25.2 Å². The highest BCUT2D eigenvalue weighted by molar-refractivity contribution is 7.90. The van der Waals surface area contributed by atoms with Crippen LogP contribution in [0.2, 0.25) is 0 Å². The Morgan fingerprint density at radius 2 is 1.68 bits per heavy atom. The van der Waals surface area contributed by atoms with Crippen LogP contribution in [0.4, 0.5) is 6.01 Å². The molecule has 0 aliphatic carbocycles. The van der Waals surface area contributed by atoms with E-state index in [2.05, 4.69) is 15.5 Å². The average molecular weight is 445 g/mol. The number of sulfone groups is 1. The predicted molar refractivity (Wildman–Crippen MR) is 113 cm³/mol. The van der Waals surface area contributed by atoms with Gasteiger partial charge in [-0.15, -0.1) is 5.10 Å². The largest absolute Gasteiger partial charge is 0.490 e. The van der Waals surface area contributed by atoms with Gasteiger partial charge in [0.1, 0.15) is 0 Å². The number of aromatic nitrogens is 2. The maximum atomic E-state index is 12.5. The van der Waals surface area contributed by atoms with Crippen LogP contribution in [0.5, 0.6) is 11.5 Å². The normalized spacial score (nSPS) is 11.2. The number of nitrogens with zero attached hydrogens (tertiary/aromatic N) is 2. The van der Waals surface area contributed by atoms with Crippen molar-refractivity contribution in [3.63, 3.8) is 0 Å². The highest BCUT2D eigenvalue weighted by atomic mass is 32.2. The molecular formula is C21H23N3O6S. The molecule has 9 nitrogen and oxygen atoms in total. The van der Waals surface area contributed by atoms with Crippen LogP contribution >= 0.6 is 0 Å². The first-order valence-corrected chi connectivity index (χ1v) is 11.5. The van der Waals surface area contributed by atoms with Crippen LogP contribution in [0.25, 0.3) is 0 Å². The number of nitrogens with one attached hydrogen (secondary N) is 1. The number of benzene rings is 2. The minimum Gasteiger partial charge on any atom is -0.490 e. The molecule has 1 heterocycles. The van der Waals surface area contributed by atoms with Crippen LogP contribution in [0.1, 0.15) is 35.7 Å². The second-order valence-corrected chi connectivity index (χ2v) is 8.59. The Balaban J connectivity index is 1.68. The summed E-state index contributed by atoms with van der Waals surface area (Å²) in [6, 6.07) is 11.2. The minimum absolute atomic E-state index is 0.0420. The quantitative estimate of drug-likeness (QED) is 0.533. The molecule has 1 amide bonds. The second kappa shape index (κ2) is 9.61. The SMILES string of the molecule is CCOc1ccc(C(=O)Nc2nnc(Cc3ccc(S(C)(=O)=O)cc3)o2)cc1OCC. The van der Waals surface area contributed by atoms with E-state index in [4.69, 9.17) is 13.9 Å². The molecule has 0 aliphatic rings. The zero-order valence-corrected chi connectivity index (χ0v) is 18.2. The lowest BCUT2D eigenvalue weighted by Crippen LogP contribution is -2.12. The van der Waals surface area contributed by atoms with Gasteiger partial charge in [0.2, 0.25) is 5.89 Å². The fourth-order valence-electron chi connectivity index (χ4n) is 2.77. The molecule has 1 N–H and O–H groups in total. The highest BCUT2D eigenvalue weighted by Crippen LogP contribution is 2.29. The van der Waals surface area contributed by atoms with Gasteiger partial charge < -0.3 is 13.9 Å². The molecule has 0 aliphatic heterocycles. The van der Waals surface area contributed by atoms with Gasteiger partial charge in [0, 0.05) is 11.8 Å². The van der Waals surface area contributed by atoms with Gasteiger partial charge in [-0.3, -0.25) is 10.1 Å². The first kappa shape index (κ1) is 22.3. The number of ether oxygens (including phenoxy) is 2. The summed E-state index contributed by atoms with van der Waals surface area (Å²) in [4.78, 5) is 12.8. The molecule has 0 radical (unpaired) electrons. The van der Waals surface area contributed by atoms with E-state index in [0.29, 0.717) is 36.7 Å². The molecule has 3 rings (SSSR count). The summed E-state index contributed by atoms with van der Waals surface area (Å²) in [6.45, 7) is 4.62. The van der Waals surface area contributed by atoms with Crippen molar-refractivity contribution in [1.82, 2.24) is 10.2 Å². The molecule has 31 heavy (non-hydrogen) atoms. The molecule has 1 aromatic heterocycles. The average Bonchev–Trinajstić information content (AvgIpc) is 3.16. The Kier molecular flexibility index (Phi) is 6.91. The molecule has 2 aromatic carbocycles. The van der Waals surface area contributed by atoms with Crippen molar-refractivity contribution in [2.75, 3.05) is 24.8 Å². The van der Waals surface area contributed by atoms with Gasteiger partial charge in [-0.2, -0.15) is 0 Å². The summed E-state index contributed by atoms with van der Waals surface area (Å²) in [6.07, 6.45) is 1.45. The van der Waals surface area contributed by atoms with Crippen LogP contribution in [0.15, 0.2) is 51.8 Å². The molecule has 164 valence electrons. The van der Waals surface area contributed by atoms with Crippen molar-refractivity contribution in [3.05, 3.63) is 59.5 Å². The van der Waals surface area contributed by atoms with Crippen molar-refractivity contribution < 1.29 is 27.1 Å². The summed E-state index contributed by atoms with van der Waals surface area (Å²) in [5, 5.41) is 10.3. The smallest absolute Gasteiger partial charge is 0.322 e. The number of carbonyl (C=O) groups is 1. The van der Waals surface area contributed by atoms with E-state index in [9.17, 15) is 13.2 Å². The lowest BCUT2D eigenvalue weighted by molar-refractivity contribution is 0.102. The second-order valence-electron chi connectivity index (χ2n) is 6.58. The van der Waals surface area contributed by atoms with Crippen molar-refractivity contribution in [2.24, 2.45) is 0 Å². The first-order valence-electron chi connectivity index (χ1n) is 9.62. The third-order valence-corrected chi connectivity index (χ3v) is 5.33. The van der Waals surface area contributed by atoms with E-state index >= 15 is 0 Å². The lowest BCUT2D eigenvalue weighted by atomic mass is 10.1. The molecule has 0 saturated heterocycles. The van der Waals surface area contributed by atoms with E-state index in [1.54, 1.807) is 30.3 Å². The Hall–Kier alpha value is -3.40. The van der Waals surface area contributed by atoms with Crippen LogP contribution < -0.4 is 14.8 Å². The van der Waals surface area contributed by atoms with Gasteiger partial charge >= 0.3 is 6.01 Å². The molecule has 0 fully saturated rings. The maximum Gasteiger partial charge on any atom is 0.322 e. The summed E-state index contributed by atoms with van der Waals surface area (Å²) >= 11 is 0. The minimum atomic E-state index is -3.26. The fraction of sp³-hybridized carbons (Fsp3) is 0.286. The summed E-state index contributed by atoms with van der Waals surface area (Å²) < 4.78 is 39.6. The summed E-state index contributed by atoms with van der Waals surface area (Å²) in [5.41, 5.74) is 1.14. The molecule has 0 unspecified atom stereocenters. The molecule has 0 bridgehead atoms. The predicted octanol–water partition coefficient (Wildman–Crippen LogP) is 3.11. The van der Waals surface area contributed by atoms with Gasteiger partial charge in [-0.05, 0) is 49.7 Å². The summed E-state index contributed by atoms with van der Waals surface area (Å²) in [7, 11) is -3.26. The summed E-state index contributed by atoms with van der Waals surface area (Å²) in [5.74, 6) is 0.879. The monoisotopic (exact) mass is 445 g/mol. The van der Waals surface area contributed by atoms with E-state index in [1.165, 1.54) is 12.1 Å². The molecule has 0 saturated carbocycles. The van der Waals surface area contributed by atoms with E-state index in [1.807, 2.05) is 13.8 Å². The molecule has 0 spiro atoms. The van der Waals surface area contributed by atoms with Gasteiger partial charge in [-0.1, -0.05) is 17.2 Å². The van der Waals surface area contributed by atoms with E-state index in [0.717, 1.165) is 11.8 Å². The Bertz CT molecular complexity index is 1160.